The van der Waals surface area contributed by atoms with Gasteiger partial charge in [0.15, 0.2) is 0 Å². The van der Waals surface area contributed by atoms with Gasteiger partial charge in [0.1, 0.15) is 5.60 Å². The third kappa shape index (κ3) is 9.95. The minimum atomic E-state index is -0.480. The number of nitrogens with zero attached hydrogens (tertiary/aromatic N) is 1. The molecule has 0 aliphatic heterocycles. The molecule has 0 aliphatic carbocycles. The van der Waals surface area contributed by atoms with Crippen molar-refractivity contribution in [2.75, 3.05) is 26.8 Å². The summed E-state index contributed by atoms with van der Waals surface area (Å²) in [4.78, 5) is 13.9. The molecule has 0 spiro atoms. The van der Waals surface area contributed by atoms with Crippen molar-refractivity contribution in [1.82, 2.24) is 4.90 Å². The fourth-order valence-corrected chi connectivity index (χ4v) is 1.95. The van der Waals surface area contributed by atoms with Gasteiger partial charge in [-0.1, -0.05) is 43.7 Å². The van der Waals surface area contributed by atoms with E-state index in [-0.39, 0.29) is 6.09 Å². The number of methoxy groups -OCH3 is 1. The van der Waals surface area contributed by atoms with Gasteiger partial charge in [0.2, 0.25) is 0 Å². The molecule has 0 fully saturated rings. The zero-order valence-electron chi connectivity index (χ0n) is 15.8. The van der Waals surface area contributed by atoms with Gasteiger partial charge >= 0.3 is 6.09 Å². The standard InChI is InChI=1S/C17H27NO3.C2H6/c1-14-7-6-8-15(13-14)9-10-18(11-12-20-5)16(19)21-17(2,3)4;1-2/h6-8,13H,9-12H2,1-5H3;1-2H3. The smallest absolute Gasteiger partial charge is 0.410 e. The molecule has 1 amide bonds. The molecule has 1 rings (SSSR count). The Balaban J connectivity index is 0.00000232. The summed E-state index contributed by atoms with van der Waals surface area (Å²) in [5, 5.41) is 0. The molecule has 0 saturated heterocycles. The van der Waals surface area contributed by atoms with E-state index in [1.165, 1.54) is 11.1 Å². The molecule has 0 atom stereocenters. The van der Waals surface area contributed by atoms with Gasteiger partial charge in [0, 0.05) is 20.2 Å². The summed E-state index contributed by atoms with van der Waals surface area (Å²) in [5.41, 5.74) is 1.97. The lowest BCUT2D eigenvalue weighted by molar-refractivity contribution is 0.0204. The lowest BCUT2D eigenvalue weighted by Gasteiger charge is -2.27. The molecule has 0 bridgehead atoms. The molecule has 1 aromatic carbocycles. The van der Waals surface area contributed by atoms with E-state index in [0.717, 1.165) is 6.42 Å². The fourth-order valence-electron chi connectivity index (χ4n) is 1.95. The summed E-state index contributed by atoms with van der Waals surface area (Å²) < 4.78 is 10.5. The minimum absolute atomic E-state index is 0.285. The molecular formula is C19H33NO3. The van der Waals surface area contributed by atoms with Gasteiger partial charge in [-0.3, -0.25) is 0 Å². The van der Waals surface area contributed by atoms with E-state index in [9.17, 15) is 4.79 Å². The van der Waals surface area contributed by atoms with Crippen molar-refractivity contribution in [1.29, 1.82) is 0 Å². The predicted octanol–water partition coefficient (Wildman–Crippen LogP) is 4.45. The number of carbonyl (C=O) groups excluding carboxylic acids is 1. The zero-order chi connectivity index (χ0) is 17.9. The van der Waals surface area contributed by atoms with Crippen LogP contribution in [-0.2, 0) is 15.9 Å². The van der Waals surface area contributed by atoms with E-state index in [1.54, 1.807) is 12.0 Å². The van der Waals surface area contributed by atoms with Crippen LogP contribution in [0.1, 0.15) is 45.7 Å². The molecule has 4 heteroatoms. The van der Waals surface area contributed by atoms with Gasteiger partial charge in [-0.2, -0.15) is 0 Å². The van der Waals surface area contributed by atoms with Crippen molar-refractivity contribution >= 4 is 6.09 Å². The van der Waals surface area contributed by atoms with Crippen molar-refractivity contribution < 1.29 is 14.3 Å². The Labute approximate surface area is 141 Å². The third-order valence-corrected chi connectivity index (χ3v) is 2.97. The van der Waals surface area contributed by atoms with Crippen molar-refractivity contribution in [3.8, 4) is 0 Å². The number of rotatable bonds is 6. The number of hydrogen-bond donors (Lipinski definition) is 0. The minimum Gasteiger partial charge on any atom is -0.444 e. The Morgan fingerprint density at radius 1 is 1.17 bits per heavy atom. The summed E-state index contributed by atoms with van der Waals surface area (Å²) >= 11 is 0. The number of hydrogen-bond acceptors (Lipinski definition) is 3. The number of ether oxygens (including phenoxy) is 2. The second-order valence-corrected chi connectivity index (χ2v) is 6.20. The maximum absolute atomic E-state index is 12.2. The molecule has 0 saturated carbocycles. The van der Waals surface area contributed by atoms with Crippen LogP contribution < -0.4 is 0 Å². The second kappa shape index (κ2) is 11.1. The van der Waals surface area contributed by atoms with E-state index in [1.807, 2.05) is 40.7 Å². The van der Waals surface area contributed by atoms with Gasteiger partial charge in [-0.05, 0) is 39.7 Å². The van der Waals surface area contributed by atoms with Gasteiger partial charge in [-0.25, -0.2) is 4.79 Å². The van der Waals surface area contributed by atoms with Gasteiger partial charge < -0.3 is 14.4 Å². The van der Waals surface area contributed by atoms with E-state index >= 15 is 0 Å². The summed E-state index contributed by atoms with van der Waals surface area (Å²) in [5.74, 6) is 0. The Kier molecular flexibility index (Phi) is 10.3. The van der Waals surface area contributed by atoms with Crippen LogP contribution >= 0.6 is 0 Å². The van der Waals surface area contributed by atoms with Gasteiger partial charge in [0.05, 0.1) is 6.61 Å². The molecule has 1 aromatic rings. The Morgan fingerprint density at radius 3 is 2.35 bits per heavy atom. The van der Waals surface area contributed by atoms with E-state index in [4.69, 9.17) is 9.47 Å². The Hall–Kier alpha value is -1.55. The van der Waals surface area contributed by atoms with Crippen LogP contribution in [0.4, 0.5) is 4.79 Å². The lowest BCUT2D eigenvalue weighted by atomic mass is 10.1. The third-order valence-electron chi connectivity index (χ3n) is 2.97. The Bertz CT molecular complexity index is 452. The first-order valence-corrected chi connectivity index (χ1v) is 8.34. The van der Waals surface area contributed by atoms with Crippen LogP contribution in [-0.4, -0.2) is 43.4 Å². The summed E-state index contributed by atoms with van der Waals surface area (Å²) in [7, 11) is 1.63. The van der Waals surface area contributed by atoms with E-state index < -0.39 is 5.60 Å². The summed E-state index contributed by atoms with van der Waals surface area (Å²) in [6, 6.07) is 8.33. The maximum Gasteiger partial charge on any atom is 0.410 e. The molecule has 132 valence electrons. The Morgan fingerprint density at radius 2 is 1.83 bits per heavy atom. The molecule has 0 aromatic heterocycles. The van der Waals surface area contributed by atoms with Gasteiger partial charge in [0.25, 0.3) is 0 Å². The fraction of sp³-hybridized carbons (Fsp3) is 0.632. The van der Waals surface area contributed by atoms with Crippen LogP contribution in [0, 0.1) is 6.92 Å². The summed E-state index contributed by atoms with van der Waals surface area (Å²) in [6.45, 7) is 13.4. The zero-order valence-corrected chi connectivity index (χ0v) is 15.8. The average molecular weight is 323 g/mol. The lowest BCUT2D eigenvalue weighted by Crippen LogP contribution is -2.39. The normalized spacial score (nSPS) is 10.6. The van der Waals surface area contributed by atoms with Crippen LogP contribution in [0.2, 0.25) is 0 Å². The number of amides is 1. The summed E-state index contributed by atoms with van der Waals surface area (Å²) in [6.07, 6.45) is 0.525. The molecule has 0 aliphatic rings. The quantitative estimate of drug-likeness (QED) is 0.776. The highest BCUT2D eigenvalue weighted by molar-refractivity contribution is 5.68. The average Bonchev–Trinajstić information content (AvgIpc) is 2.47. The van der Waals surface area contributed by atoms with E-state index in [0.29, 0.717) is 19.7 Å². The number of benzene rings is 1. The molecule has 23 heavy (non-hydrogen) atoms. The molecule has 0 radical (unpaired) electrons. The van der Waals surface area contributed by atoms with Crippen molar-refractivity contribution in [2.45, 2.75) is 53.6 Å². The van der Waals surface area contributed by atoms with E-state index in [2.05, 4.69) is 25.1 Å². The van der Waals surface area contributed by atoms with Crippen molar-refractivity contribution in [3.05, 3.63) is 35.4 Å². The maximum atomic E-state index is 12.2. The van der Waals surface area contributed by atoms with Crippen LogP contribution in [0.25, 0.3) is 0 Å². The first kappa shape index (κ1) is 21.4. The molecule has 0 N–H and O–H groups in total. The van der Waals surface area contributed by atoms with Crippen molar-refractivity contribution in [3.63, 3.8) is 0 Å². The highest BCUT2D eigenvalue weighted by Gasteiger charge is 2.21. The van der Waals surface area contributed by atoms with Crippen LogP contribution in [0.15, 0.2) is 24.3 Å². The second-order valence-electron chi connectivity index (χ2n) is 6.20. The van der Waals surface area contributed by atoms with Crippen LogP contribution in [0.3, 0.4) is 0 Å². The predicted molar refractivity (Wildman–Crippen MR) is 95.9 cm³/mol. The molecular weight excluding hydrogens is 290 g/mol. The number of aryl methyl sites for hydroxylation is 1. The van der Waals surface area contributed by atoms with Gasteiger partial charge in [-0.15, -0.1) is 0 Å². The van der Waals surface area contributed by atoms with Crippen LogP contribution in [0.5, 0.6) is 0 Å². The molecule has 0 unspecified atom stereocenters. The highest BCUT2D eigenvalue weighted by atomic mass is 16.6. The highest BCUT2D eigenvalue weighted by Crippen LogP contribution is 2.11. The first-order valence-electron chi connectivity index (χ1n) is 8.34. The number of carbonyl (C=O) groups is 1. The molecule has 4 nitrogen and oxygen atoms in total. The largest absolute Gasteiger partial charge is 0.444 e. The van der Waals surface area contributed by atoms with Crippen molar-refractivity contribution in [2.24, 2.45) is 0 Å². The topological polar surface area (TPSA) is 38.8 Å². The molecule has 0 heterocycles. The first-order chi connectivity index (χ1) is 10.8. The monoisotopic (exact) mass is 323 g/mol. The SMILES string of the molecule is CC.COCCN(CCc1cccc(C)c1)C(=O)OC(C)(C)C.